The summed E-state index contributed by atoms with van der Waals surface area (Å²) in [6, 6.07) is 0.308. The molecular weight excluding hydrogens is 186 g/mol. The maximum atomic E-state index is 5.92. The zero-order valence-electron chi connectivity index (χ0n) is 10.0. The average Bonchev–Trinajstić information content (AvgIpc) is 2.25. The van der Waals surface area contributed by atoms with E-state index in [1.54, 1.807) is 0 Å². The average molecular weight is 209 g/mol. The fourth-order valence-electron chi connectivity index (χ4n) is 2.17. The van der Waals surface area contributed by atoms with Gasteiger partial charge in [-0.05, 0) is 39.2 Å². The minimum absolute atomic E-state index is 0.0558. The minimum atomic E-state index is -0.0558. The van der Waals surface area contributed by atoms with Crippen molar-refractivity contribution in [2.24, 2.45) is 0 Å². The summed E-state index contributed by atoms with van der Waals surface area (Å²) < 4.78 is 5.92. The fraction of sp³-hybridized carbons (Fsp3) is 0.846. The molecule has 2 heteroatoms. The monoisotopic (exact) mass is 209 g/mol. The third-order valence-corrected chi connectivity index (χ3v) is 3.20. The van der Waals surface area contributed by atoms with Crippen molar-refractivity contribution in [2.75, 3.05) is 13.2 Å². The summed E-state index contributed by atoms with van der Waals surface area (Å²) in [5.74, 6) is 2.76. The van der Waals surface area contributed by atoms with Crippen LogP contribution in [0.3, 0.4) is 0 Å². The molecular formula is C13H23NO. The maximum Gasteiger partial charge on any atom is 0.0816 e. The topological polar surface area (TPSA) is 21.3 Å². The Kier molecular flexibility index (Phi) is 5.14. The first-order valence-corrected chi connectivity index (χ1v) is 6.03. The molecule has 1 rings (SSSR count). The van der Waals surface area contributed by atoms with E-state index in [0.717, 1.165) is 32.4 Å². The van der Waals surface area contributed by atoms with Crippen molar-refractivity contribution in [2.45, 2.75) is 57.6 Å². The van der Waals surface area contributed by atoms with Crippen molar-refractivity contribution < 1.29 is 4.74 Å². The predicted molar refractivity (Wildman–Crippen MR) is 63.7 cm³/mol. The van der Waals surface area contributed by atoms with Gasteiger partial charge in [-0.15, -0.1) is 12.3 Å². The van der Waals surface area contributed by atoms with Gasteiger partial charge in [0.25, 0.3) is 0 Å². The van der Waals surface area contributed by atoms with Crippen molar-refractivity contribution in [3.05, 3.63) is 0 Å². The van der Waals surface area contributed by atoms with Crippen LogP contribution in [0.5, 0.6) is 0 Å². The molecule has 0 aromatic rings. The van der Waals surface area contributed by atoms with Crippen LogP contribution in [0.15, 0.2) is 0 Å². The fourth-order valence-corrected chi connectivity index (χ4v) is 2.17. The van der Waals surface area contributed by atoms with E-state index in [-0.39, 0.29) is 5.60 Å². The number of rotatable bonds is 5. The van der Waals surface area contributed by atoms with Gasteiger partial charge in [0.15, 0.2) is 0 Å². The largest absolute Gasteiger partial charge is 0.374 e. The third-order valence-electron chi connectivity index (χ3n) is 3.20. The van der Waals surface area contributed by atoms with Gasteiger partial charge in [-0.2, -0.15) is 0 Å². The summed E-state index contributed by atoms with van der Waals surface area (Å²) >= 11 is 0. The van der Waals surface area contributed by atoms with Crippen LogP contribution in [0.25, 0.3) is 0 Å². The molecule has 86 valence electrons. The van der Waals surface area contributed by atoms with Crippen LogP contribution in [-0.2, 0) is 4.74 Å². The van der Waals surface area contributed by atoms with Crippen LogP contribution in [-0.4, -0.2) is 24.8 Å². The summed E-state index contributed by atoms with van der Waals surface area (Å²) in [5.41, 5.74) is -0.0558. The van der Waals surface area contributed by atoms with Gasteiger partial charge in [-0.3, -0.25) is 0 Å². The molecule has 2 nitrogen and oxygen atoms in total. The van der Waals surface area contributed by atoms with E-state index in [2.05, 4.69) is 25.1 Å². The standard InChI is InChI=1S/C13H23NO/c1-4-8-12(14-10-5-2)13(3)9-6-7-11-15-13/h1,12,14H,5-11H2,2-3H3. The molecule has 0 aromatic heterocycles. The number of hydrogen-bond acceptors (Lipinski definition) is 2. The predicted octanol–water partition coefficient (Wildman–Crippen LogP) is 2.34. The number of ether oxygens (including phenoxy) is 1. The lowest BCUT2D eigenvalue weighted by Crippen LogP contribution is -2.52. The molecule has 1 fully saturated rings. The summed E-state index contributed by atoms with van der Waals surface area (Å²) in [5, 5.41) is 3.51. The van der Waals surface area contributed by atoms with Gasteiger partial charge in [-0.1, -0.05) is 6.92 Å². The van der Waals surface area contributed by atoms with Gasteiger partial charge in [0.2, 0.25) is 0 Å². The lowest BCUT2D eigenvalue weighted by atomic mass is 9.86. The van der Waals surface area contributed by atoms with E-state index in [1.807, 2.05) is 0 Å². The van der Waals surface area contributed by atoms with E-state index in [4.69, 9.17) is 11.2 Å². The molecule has 0 bridgehead atoms. The van der Waals surface area contributed by atoms with Crippen molar-refractivity contribution in [1.82, 2.24) is 5.32 Å². The lowest BCUT2D eigenvalue weighted by molar-refractivity contribution is -0.0874. The van der Waals surface area contributed by atoms with Gasteiger partial charge in [-0.25, -0.2) is 0 Å². The minimum Gasteiger partial charge on any atom is -0.374 e. The highest BCUT2D eigenvalue weighted by Crippen LogP contribution is 2.29. The van der Waals surface area contributed by atoms with Crippen LogP contribution >= 0.6 is 0 Å². The van der Waals surface area contributed by atoms with Gasteiger partial charge in [0.05, 0.1) is 5.60 Å². The van der Waals surface area contributed by atoms with E-state index in [9.17, 15) is 0 Å². The van der Waals surface area contributed by atoms with Crippen molar-refractivity contribution in [3.63, 3.8) is 0 Å². The first-order valence-electron chi connectivity index (χ1n) is 6.03. The zero-order chi connectivity index (χ0) is 11.1. The second-order valence-electron chi connectivity index (χ2n) is 4.53. The molecule has 0 aromatic carbocycles. The Morgan fingerprint density at radius 1 is 1.53 bits per heavy atom. The first kappa shape index (κ1) is 12.5. The highest BCUT2D eigenvalue weighted by molar-refractivity contribution is 4.99. The quantitative estimate of drug-likeness (QED) is 0.702. The van der Waals surface area contributed by atoms with Crippen molar-refractivity contribution in [3.8, 4) is 12.3 Å². The molecule has 1 N–H and O–H groups in total. The third kappa shape index (κ3) is 3.52. The van der Waals surface area contributed by atoms with Crippen molar-refractivity contribution in [1.29, 1.82) is 0 Å². The summed E-state index contributed by atoms with van der Waals surface area (Å²) in [4.78, 5) is 0. The summed E-state index contributed by atoms with van der Waals surface area (Å²) in [7, 11) is 0. The highest BCUT2D eigenvalue weighted by atomic mass is 16.5. The summed E-state index contributed by atoms with van der Waals surface area (Å²) in [6.07, 6.45) is 10.9. The van der Waals surface area contributed by atoms with Crippen molar-refractivity contribution >= 4 is 0 Å². The van der Waals surface area contributed by atoms with Crippen LogP contribution in [0.2, 0.25) is 0 Å². The van der Waals surface area contributed by atoms with E-state index in [1.165, 1.54) is 12.8 Å². The summed E-state index contributed by atoms with van der Waals surface area (Å²) in [6.45, 7) is 6.26. The van der Waals surface area contributed by atoms with Crippen LogP contribution in [0.4, 0.5) is 0 Å². The molecule has 15 heavy (non-hydrogen) atoms. The Labute approximate surface area is 93.8 Å². The molecule has 0 amide bonds. The Balaban J connectivity index is 2.55. The molecule has 0 saturated carbocycles. The van der Waals surface area contributed by atoms with Gasteiger partial charge >= 0.3 is 0 Å². The van der Waals surface area contributed by atoms with Crippen LogP contribution in [0.1, 0.15) is 46.0 Å². The molecule has 1 heterocycles. The first-order chi connectivity index (χ1) is 7.23. The molecule has 1 aliphatic rings. The highest BCUT2D eigenvalue weighted by Gasteiger charge is 2.35. The van der Waals surface area contributed by atoms with Crippen LogP contribution in [0, 0.1) is 12.3 Å². The van der Waals surface area contributed by atoms with E-state index in [0.29, 0.717) is 6.04 Å². The number of nitrogens with one attached hydrogen (secondary N) is 1. The Bertz CT molecular complexity index is 213. The normalized spacial score (nSPS) is 28.3. The zero-order valence-corrected chi connectivity index (χ0v) is 10.0. The Hall–Kier alpha value is -0.520. The maximum absolute atomic E-state index is 5.92. The Morgan fingerprint density at radius 3 is 2.87 bits per heavy atom. The molecule has 1 aliphatic heterocycles. The smallest absolute Gasteiger partial charge is 0.0816 e. The second-order valence-corrected chi connectivity index (χ2v) is 4.53. The van der Waals surface area contributed by atoms with Gasteiger partial charge in [0.1, 0.15) is 0 Å². The van der Waals surface area contributed by atoms with Crippen LogP contribution < -0.4 is 5.32 Å². The Morgan fingerprint density at radius 2 is 2.33 bits per heavy atom. The van der Waals surface area contributed by atoms with Gasteiger partial charge in [0, 0.05) is 19.1 Å². The number of terminal acetylenes is 1. The lowest BCUT2D eigenvalue weighted by Gasteiger charge is -2.40. The molecule has 1 saturated heterocycles. The molecule has 2 atom stereocenters. The SMILES string of the molecule is C#CCC(NCCC)C1(C)CCCCO1. The second kappa shape index (κ2) is 6.15. The van der Waals surface area contributed by atoms with Gasteiger partial charge < -0.3 is 10.1 Å². The van der Waals surface area contributed by atoms with E-state index >= 15 is 0 Å². The number of hydrogen-bond donors (Lipinski definition) is 1. The molecule has 2 unspecified atom stereocenters. The molecule has 0 aliphatic carbocycles. The molecule has 0 radical (unpaired) electrons. The molecule has 0 spiro atoms. The van der Waals surface area contributed by atoms with E-state index < -0.39 is 0 Å².